The molecular formula is C18H15Cl2NO6. The number of ether oxygens (including phenoxy) is 2. The molecule has 0 aromatic heterocycles. The highest BCUT2D eigenvalue weighted by Gasteiger charge is 2.21. The van der Waals surface area contributed by atoms with Gasteiger partial charge in [0.1, 0.15) is 11.3 Å². The molecule has 0 saturated carbocycles. The highest BCUT2D eigenvalue weighted by molar-refractivity contribution is 6.42. The lowest BCUT2D eigenvalue weighted by atomic mass is 10.00. The lowest BCUT2D eigenvalue weighted by Crippen LogP contribution is -2.10. The lowest BCUT2D eigenvalue weighted by molar-refractivity contribution is -0.385. The van der Waals surface area contributed by atoms with Crippen LogP contribution in [0, 0.1) is 10.1 Å². The average molecular weight is 412 g/mol. The van der Waals surface area contributed by atoms with Crippen LogP contribution in [-0.2, 0) is 11.2 Å². The Morgan fingerprint density at radius 3 is 2.41 bits per heavy atom. The van der Waals surface area contributed by atoms with E-state index in [4.69, 9.17) is 32.7 Å². The van der Waals surface area contributed by atoms with Crippen molar-refractivity contribution in [3.63, 3.8) is 0 Å². The number of nitro groups is 1. The summed E-state index contributed by atoms with van der Waals surface area (Å²) < 4.78 is 10.1. The molecular weight excluding hydrogens is 397 g/mol. The van der Waals surface area contributed by atoms with Gasteiger partial charge in [-0.3, -0.25) is 14.9 Å². The Labute approximate surface area is 164 Å². The van der Waals surface area contributed by atoms with Crippen LogP contribution in [0.2, 0.25) is 10.0 Å². The van der Waals surface area contributed by atoms with E-state index in [0.29, 0.717) is 0 Å². The maximum atomic E-state index is 12.6. The van der Waals surface area contributed by atoms with Gasteiger partial charge in [-0.2, -0.15) is 0 Å². The van der Waals surface area contributed by atoms with Gasteiger partial charge in [0.15, 0.2) is 5.78 Å². The fourth-order valence-electron chi connectivity index (χ4n) is 2.41. The summed E-state index contributed by atoms with van der Waals surface area (Å²) in [6.45, 7) is 1.87. The number of rotatable bonds is 7. The molecule has 0 unspecified atom stereocenters. The normalized spacial score (nSPS) is 10.4. The summed E-state index contributed by atoms with van der Waals surface area (Å²) >= 11 is 11.7. The standard InChI is InChI=1S/C18H15Cl2NO6/c1-3-27-18(23)12-5-4-10(8-17(12)26-2)16(22)7-11-6-13(19)14(20)9-15(11)21(24)25/h4-6,8-9H,3,7H2,1-2H3. The van der Waals surface area contributed by atoms with E-state index in [9.17, 15) is 19.7 Å². The van der Waals surface area contributed by atoms with E-state index in [0.717, 1.165) is 6.07 Å². The fraction of sp³-hybridized carbons (Fsp3) is 0.222. The Morgan fingerprint density at radius 2 is 1.81 bits per heavy atom. The average Bonchev–Trinajstić information content (AvgIpc) is 2.63. The number of hydrogen-bond acceptors (Lipinski definition) is 6. The molecule has 0 N–H and O–H groups in total. The topological polar surface area (TPSA) is 95.7 Å². The lowest BCUT2D eigenvalue weighted by Gasteiger charge is -2.10. The van der Waals surface area contributed by atoms with Crippen LogP contribution >= 0.6 is 23.2 Å². The second kappa shape index (κ2) is 8.83. The van der Waals surface area contributed by atoms with Crippen LogP contribution in [0.25, 0.3) is 0 Å². The largest absolute Gasteiger partial charge is 0.496 e. The number of carbonyl (C=O) groups excluding carboxylic acids is 2. The van der Waals surface area contributed by atoms with Gasteiger partial charge in [0.2, 0.25) is 0 Å². The zero-order chi connectivity index (χ0) is 20.1. The Balaban J connectivity index is 2.35. The number of benzene rings is 2. The third-order valence-electron chi connectivity index (χ3n) is 3.69. The second-order valence-corrected chi connectivity index (χ2v) is 6.20. The molecule has 2 rings (SSSR count). The summed E-state index contributed by atoms with van der Waals surface area (Å²) in [5.74, 6) is -0.818. The minimum Gasteiger partial charge on any atom is -0.496 e. The summed E-state index contributed by atoms with van der Waals surface area (Å²) in [5.41, 5.74) is 0.234. The van der Waals surface area contributed by atoms with E-state index in [1.807, 2.05) is 0 Å². The Bertz CT molecular complexity index is 913. The van der Waals surface area contributed by atoms with Gasteiger partial charge in [0.25, 0.3) is 5.69 Å². The van der Waals surface area contributed by atoms with Gasteiger partial charge in [-0.1, -0.05) is 29.3 Å². The zero-order valence-corrected chi connectivity index (χ0v) is 16.0. The van der Waals surface area contributed by atoms with Crippen molar-refractivity contribution in [2.75, 3.05) is 13.7 Å². The number of ketones is 1. The van der Waals surface area contributed by atoms with Gasteiger partial charge in [-0.15, -0.1) is 0 Å². The smallest absolute Gasteiger partial charge is 0.341 e. The number of nitro benzene ring substituents is 1. The molecule has 2 aromatic carbocycles. The van der Waals surface area contributed by atoms with E-state index in [1.54, 1.807) is 6.92 Å². The van der Waals surface area contributed by atoms with Gasteiger partial charge in [0, 0.05) is 23.6 Å². The monoisotopic (exact) mass is 411 g/mol. The molecule has 0 amide bonds. The van der Waals surface area contributed by atoms with Crippen molar-refractivity contribution in [2.45, 2.75) is 13.3 Å². The predicted octanol–water partition coefficient (Wildman–Crippen LogP) is 4.51. The molecule has 0 atom stereocenters. The molecule has 0 heterocycles. The first-order valence-corrected chi connectivity index (χ1v) is 8.54. The molecule has 0 aliphatic rings. The van der Waals surface area contributed by atoms with Gasteiger partial charge < -0.3 is 9.47 Å². The van der Waals surface area contributed by atoms with Gasteiger partial charge in [0.05, 0.1) is 28.7 Å². The first kappa shape index (κ1) is 20.7. The Kier molecular flexibility index (Phi) is 6.76. The number of carbonyl (C=O) groups is 2. The molecule has 0 radical (unpaired) electrons. The molecule has 27 heavy (non-hydrogen) atoms. The highest BCUT2D eigenvalue weighted by atomic mass is 35.5. The van der Waals surface area contributed by atoms with E-state index >= 15 is 0 Å². The first-order chi connectivity index (χ1) is 12.8. The van der Waals surface area contributed by atoms with Crippen LogP contribution in [0.1, 0.15) is 33.2 Å². The molecule has 0 aliphatic carbocycles. The van der Waals surface area contributed by atoms with Crippen molar-refractivity contribution in [1.82, 2.24) is 0 Å². The first-order valence-electron chi connectivity index (χ1n) is 7.79. The summed E-state index contributed by atoms with van der Waals surface area (Å²) in [5, 5.41) is 11.3. The quantitative estimate of drug-likeness (QED) is 0.287. The number of hydrogen-bond donors (Lipinski definition) is 0. The van der Waals surface area contributed by atoms with Crippen LogP contribution in [0.4, 0.5) is 5.69 Å². The number of methoxy groups -OCH3 is 1. The van der Waals surface area contributed by atoms with E-state index in [-0.39, 0.29) is 51.2 Å². The highest BCUT2D eigenvalue weighted by Crippen LogP contribution is 2.31. The summed E-state index contributed by atoms with van der Waals surface area (Å²) in [7, 11) is 1.36. The molecule has 9 heteroatoms. The third-order valence-corrected chi connectivity index (χ3v) is 4.41. The van der Waals surface area contributed by atoms with Crippen molar-refractivity contribution in [1.29, 1.82) is 0 Å². The Morgan fingerprint density at radius 1 is 1.15 bits per heavy atom. The molecule has 0 spiro atoms. The molecule has 142 valence electrons. The number of esters is 1. The van der Waals surface area contributed by atoms with Crippen LogP contribution in [0.5, 0.6) is 5.75 Å². The number of halogens is 2. The second-order valence-electron chi connectivity index (χ2n) is 5.39. The van der Waals surface area contributed by atoms with Crippen molar-refractivity contribution >= 4 is 40.6 Å². The molecule has 7 nitrogen and oxygen atoms in total. The van der Waals surface area contributed by atoms with Gasteiger partial charge in [-0.25, -0.2) is 4.79 Å². The molecule has 0 aliphatic heterocycles. The molecule has 0 bridgehead atoms. The number of Topliss-reactive ketones (excluding diaryl/α,β-unsaturated/α-hetero) is 1. The van der Waals surface area contributed by atoms with Crippen molar-refractivity contribution in [3.8, 4) is 5.75 Å². The van der Waals surface area contributed by atoms with E-state index in [1.165, 1.54) is 31.4 Å². The maximum absolute atomic E-state index is 12.6. The Hall–Kier alpha value is -2.64. The van der Waals surface area contributed by atoms with Crippen molar-refractivity contribution in [2.24, 2.45) is 0 Å². The molecule has 0 saturated heterocycles. The summed E-state index contributed by atoms with van der Waals surface area (Å²) in [6, 6.07) is 6.63. The molecule has 2 aromatic rings. The zero-order valence-electron chi connectivity index (χ0n) is 14.5. The van der Waals surface area contributed by atoms with Crippen molar-refractivity contribution < 1.29 is 24.0 Å². The van der Waals surface area contributed by atoms with E-state index in [2.05, 4.69) is 0 Å². The minimum absolute atomic E-state index is 0.0278. The van der Waals surface area contributed by atoms with Gasteiger partial charge in [-0.05, 0) is 25.1 Å². The third kappa shape index (κ3) is 4.75. The van der Waals surface area contributed by atoms with Gasteiger partial charge >= 0.3 is 5.97 Å². The van der Waals surface area contributed by atoms with Crippen LogP contribution in [0.15, 0.2) is 30.3 Å². The maximum Gasteiger partial charge on any atom is 0.341 e. The number of nitrogens with zero attached hydrogens (tertiary/aromatic N) is 1. The summed E-state index contributed by atoms with van der Waals surface area (Å²) in [4.78, 5) is 35.1. The van der Waals surface area contributed by atoms with E-state index < -0.39 is 16.7 Å². The SMILES string of the molecule is CCOC(=O)c1ccc(C(=O)Cc2cc(Cl)c(Cl)cc2[N+](=O)[O-])cc1OC. The molecule has 0 fully saturated rings. The van der Waals surface area contributed by atoms with Crippen LogP contribution in [0.3, 0.4) is 0 Å². The minimum atomic E-state index is -0.630. The fourth-order valence-corrected chi connectivity index (χ4v) is 2.75. The van der Waals surface area contributed by atoms with Crippen molar-refractivity contribution in [3.05, 3.63) is 67.2 Å². The van der Waals surface area contributed by atoms with Crippen LogP contribution in [-0.4, -0.2) is 30.4 Å². The predicted molar refractivity (Wildman–Crippen MR) is 100 cm³/mol. The summed E-state index contributed by atoms with van der Waals surface area (Å²) in [6.07, 6.45) is -0.269. The van der Waals surface area contributed by atoms with Crippen LogP contribution < -0.4 is 4.74 Å².